The van der Waals surface area contributed by atoms with Gasteiger partial charge >= 0.3 is 6.18 Å². The summed E-state index contributed by atoms with van der Waals surface area (Å²) in [6.45, 7) is 0.685. The highest BCUT2D eigenvalue weighted by molar-refractivity contribution is 5.38. The van der Waals surface area contributed by atoms with Crippen molar-refractivity contribution in [2.45, 2.75) is 44.7 Å². The molecule has 5 heteroatoms. The summed E-state index contributed by atoms with van der Waals surface area (Å²) in [5.74, 6) is 1.12. The summed E-state index contributed by atoms with van der Waals surface area (Å²) in [7, 11) is 0. The maximum Gasteiger partial charge on any atom is 0.416 e. The van der Waals surface area contributed by atoms with Crippen LogP contribution in [0, 0.1) is 5.92 Å². The average molecular weight is 272 g/mol. The van der Waals surface area contributed by atoms with Gasteiger partial charge in [-0.3, -0.25) is 0 Å². The van der Waals surface area contributed by atoms with Gasteiger partial charge in [0.05, 0.1) is 5.56 Å². The number of nitrogens with zero attached hydrogens (tertiary/aromatic N) is 1. The third-order valence-corrected chi connectivity index (χ3v) is 3.66. The van der Waals surface area contributed by atoms with E-state index in [0.717, 1.165) is 30.9 Å². The van der Waals surface area contributed by atoms with Gasteiger partial charge in [0.15, 0.2) is 0 Å². The van der Waals surface area contributed by atoms with Crippen molar-refractivity contribution in [1.82, 2.24) is 4.98 Å². The molecule has 0 amide bonds. The molecule has 1 heterocycles. The lowest BCUT2D eigenvalue weighted by Crippen LogP contribution is -2.09. The Balaban J connectivity index is 1.76. The number of hydrogen-bond acceptors (Lipinski definition) is 2. The van der Waals surface area contributed by atoms with Gasteiger partial charge in [-0.25, -0.2) is 4.98 Å². The van der Waals surface area contributed by atoms with Crippen LogP contribution in [-0.2, 0) is 6.18 Å². The monoisotopic (exact) mass is 272 g/mol. The number of halogens is 3. The topological polar surface area (TPSA) is 24.9 Å². The zero-order valence-corrected chi connectivity index (χ0v) is 10.8. The molecule has 1 saturated carbocycles. The van der Waals surface area contributed by atoms with Gasteiger partial charge in [0.25, 0.3) is 0 Å². The van der Waals surface area contributed by atoms with E-state index in [2.05, 4.69) is 10.3 Å². The molecule has 1 N–H and O–H groups in total. The van der Waals surface area contributed by atoms with Crippen molar-refractivity contribution in [3.63, 3.8) is 0 Å². The molecular formula is C14H19F3N2. The van der Waals surface area contributed by atoms with E-state index >= 15 is 0 Å². The largest absolute Gasteiger partial charge is 0.416 e. The Morgan fingerprint density at radius 3 is 2.68 bits per heavy atom. The maximum atomic E-state index is 12.5. The highest BCUT2D eigenvalue weighted by atomic mass is 19.4. The first-order valence-electron chi connectivity index (χ1n) is 6.83. The Morgan fingerprint density at radius 1 is 1.26 bits per heavy atom. The molecular weight excluding hydrogens is 253 g/mol. The number of anilines is 1. The first kappa shape index (κ1) is 14.2. The van der Waals surface area contributed by atoms with E-state index in [1.807, 2.05) is 0 Å². The summed E-state index contributed by atoms with van der Waals surface area (Å²) in [5.41, 5.74) is -0.652. The van der Waals surface area contributed by atoms with Crippen molar-refractivity contribution in [2.75, 3.05) is 11.9 Å². The van der Waals surface area contributed by atoms with Crippen LogP contribution in [0.1, 0.15) is 44.1 Å². The van der Waals surface area contributed by atoms with Crippen molar-refractivity contribution < 1.29 is 13.2 Å². The number of pyridine rings is 1. The number of hydrogen-bond donors (Lipinski definition) is 1. The third-order valence-electron chi connectivity index (χ3n) is 3.66. The fraction of sp³-hybridized carbons (Fsp3) is 0.643. The lowest BCUT2D eigenvalue weighted by Gasteiger charge is -2.11. The third kappa shape index (κ3) is 4.40. The SMILES string of the molecule is FC(F)(F)c1ccnc(NCCCC2CCCC2)c1. The molecule has 1 aromatic heterocycles. The van der Waals surface area contributed by atoms with Crippen LogP contribution in [0.2, 0.25) is 0 Å². The van der Waals surface area contributed by atoms with Crippen LogP contribution in [0.3, 0.4) is 0 Å². The van der Waals surface area contributed by atoms with Crippen LogP contribution in [0.25, 0.3) is 0 Å². The second kappa shape index (κ2) is 6.26. The van der Waals surface area contributed by atoms with Gasteiger partial charge in [-0.1, -0.05) is 25.7 Å². The molecule has 19 heavy (non-hydrogen) atoms. The van der Waals surface area contributed by atoms with Gasteiger partial charge < -0.3 is 5.32 Å². The van der Waals surface area contributed by atoms with Crippen molar-refractivity contribution >= 4 is 5.82 Å². The molecule has 1 aromatic rings. The number of nitrogens with one attached hydrogen (secondary N) is 1. The Morgan fingerprint density at radius 2 is 2.00 bits per heavy atom. The summed E-state index contributed by atoms with van der Waals surface area (Å²) in [4.78, 5) is 3.91. The van der Waals surface area contributed by atoms with E-state index in [1.165, 1.54) is 31.9 Å². The number of rotatable bonds is 5. The molecule has 0 unspecified atom stereocenters. The van der Waals surface area contributed by atoms with Crippen LogP contribution < -0.4 is 5.32 Å². The van der Waals surface area contributed by atoms with E-state index in [-0.39, 0.29) is 0 Å². The second-order valence-corrected chi connectivity index (χ2v) is 5.15. The van der Waals surface area contributed by atoms with Crippen LogP contribution in [0.4, 0.5) is 19.0 Å². The number of alkyl halides is 3. The van der Waals surface area contributed by atoms with Gasteiger partial charge in [-0.2, -0.15) is 13.2 Å². The van der Waals surface area contributed by atoms with Crippen LogP contribution in [0.5, 0.6) is 0 Å². The molecule has 1 aliphatic rings. The maximum absolute atomic E-state index is 12.5. The Bertz CT molecular complexity index is 398. The minimum atomic E-state index is -4.30. The fourth-order valence-corrected chi connectivity index (χ4v) is 2.61. The smallest absolute Gasteiger partial charge is 0.370 e. The highest BCUT2D eigenvalue weighted by Crippen LogP contribution is 2.30. The van der Waals surface area contributed by atoms with Gasteiger partial charge in [-0.15, -0.1) is 0 Å². The van der Waals surface area contributed by atoms with E-state index < -0.39 is 11.7 Å². The summed E-state index contributed by atoms with van der Waals surface area (Å²) in [6, 6.07) is 2.05. The molecule has 0 saturated heterocycles. The first-order chi connectivity index (χ1) is 9.05. The molecule has 2 rings (SSSR count). The lowest BCUT2D eigenvalue weighted by molar-refractivity contribution is -0.137. The van der Waals surface area contributed by atoms with Crippen LogP contribution in [-0.4, -0.2) is 11.5 Å². The fourth-order valence-electron chi connectivity index (χ4n) is 2.61. The Kier molecular flexibility index (Phi) is 4.66. The summed E-state index contributed by atoms with van der Waals surface area (Å²) in [6.07, 6.45) is 4.31. The first-order valence-corrected chi connectivity index (χ1v) is 6.83. The van der Waals surface area contributed by atoms with Crippen molar-refractivity contribution in [2.24, 2.45) is 5.92 Å². The summed E-state index contributed by atoms with van der Waals surface area (Å²) in [5, 5.41) is 2.97. The van der Waals surface area contributed by atoms with Crippen molar-refractivity contribution in [3.8, 4) is 0 Å². The lowest BCUT2D eigenvalue weighted by atomic mass is 10.0. The summed E-state index contributed by atoms with van der Waals surface area (Å²) < 4.78 is 37.5. The van der Waals surface area contributed by atoms with E-state index in [1.54, 1.807) is 0 Å². The predicted molar refractivity (Wildman–Crippen MR) is 68.9 cm³/mol. The molecule has 0 atom stereocenters. The van der Waals surface area contributed by atoms with Crippen molar-refractivity contribution in [1.29, 1.82) is 0 Å². The molecule has 0 bridgehead atoms. The van der Waals surface area contributed by atoms with Crippen molar-refractivity contribution in [3.05, 3.63) is 23.9 Å². The molecule has 0 aliphatic heterocycles. The quantitative estimate of drug-likeness (QED) is 0.799. The van der Waals surface area contributed by atoms with Gasteiger partial charge in [0.2, 0.25) is 0 Å². The zero-order valence-electron chi connectivity index (χ0n) is 10.8. The molecule has 0 aromatic carbocycles. The molecule has 2 nitrogen and oxygen atoms in total. The van der Waals surface area contributed by atoms with E-state index in [0.29, 0.717) is 12.4 Å². The molecule has 106 valence electrons. The normalized spacial score (nSPS) is 16.8. The molecule has 1 aliphatic carbocycles. The van der Waals surface area contributed by atoms with Gasteiger partial charge in [-0.05, 0) is 30.9 Å². The standard InChI is InChI=1S/C14H19F3N2/c15-14(16,17)12-7-9-19-13(10-12)18-8-3-6-11-4-1-2-5-11/h7,9-11H,1-6,8H2,(H,18,19). The predicted octanol–water partition coefficient (Wildman–Crippen LogP) is 4.48. The minimum Gasteiger partial charge on any atom is -0.370 e. The Labute approximate surface area is 111 Å². The van der Waals surface area contributed by atoms with E-state index in [9.17, 15) is 13.2 Å². The van der Waals surface area contributed by atoms with Crippen LogP contribution in [0.15, 0.2) is 18.3 Å². The van der Waals surface area contributed by atoms with E-state index in [4.69, 9.17) is 0 Å². The molecule has 0 spiro atoms. The minimum absolute atomic E-state index is 0.307. The van der Waals surface area contributed by atoms with Crippen LogP contribution >= 0.6 is 0 Å². The number of aromatic nitrogens is 1. The highest BCUT2D eigenvalue weighted by Gasteiger charge is 2.30. The molecule has 0 radical (unpaired) electrons. The zero-order chi connectivity index (χ0) is 13.7. The molecule has 1 fully saturated rings. The summed E-state index contributed by atoms with van der Waals surface area (Å²) >= 11 is 0. The Hall–Kier alpha value is -1.26. The van der Waals surface area contributed by atoms with Gasteiger partial charge in [0, 0.05) is 12.7 Å². The van der Waals surface area contributed by atoms with Gasteiger partial charge in [0.1, 0.15) is 5.82 Å². The average Bonchev–Trinajstić information content (AvgIpc) is 2.87. The second-order valence-electron chi connectivity index (χ2n) is 5.15.